The minimum absolute atomic E-state index is 0.0821. The van der Waals surface area contributed by atoms with Crippen molar-refractivity contribution in [2.24, 2.45) is 23.7 Å². The van der Waals surface area contributed by atoms with Crippen molar-refractivity contribution in [1.82, 2.24) is 9.97 Å². The van der Waals surface area contributed by atoms with E-state index in [1.54, 1.807) is 11.1 Å². The summed E-state index contributed by atoms with van der Waals surface area (Å²) < 4.78 is 9.17. The number of hydrogen-bond donors (Lipinski definition) is 0. The molecule has 4 bridgehead atoms. The van der Waals surface area contributed by atoms with Gasteiger partial charge in [0.2, 0.25) is 5.71 Å². The Labute approximate surface area is 282 Å². The Morgan fingerprint density at radius 3 is 2.17 bits per heavy atom. The van der Waals surface area contributed by atoms with Gasteiger partial charge in [0, 0.05) is 42.1 Å². The first-order valence-corrected chi connectivity index (χ1v) is 18.4. The fourth-order valence-electron chi connectivity index (χ4n) is 11.3. The number of nitrogens with zero attached hydrogens (tertiary/aromatic N) is 2. The molecule has 0 amide bonds. The molecule has 3 aromatic heterocycles. The van der Waals surface area contributed by atoms with Crippen molar-refractivity contribution < 1.29 is 4.42 Å². The molecule has 13 rings (SSSR count). The molecule has 0 aliphatic heterocycles. The van der Waals surface area contributed by atoms with E-state index in [1.807, 2.05) is 23.5 Å². The Hall–Kier alpha value is -4.80. The van der Waals surface area contributed by atoms with Crippen LogP contribution in [-0.2, 0) is 5.41 Å². The molecule has 4 heteroatoms. The number of para-hydroxylation sites is 1. The highest BCUT2D eigenvalue weighted by Gasteiger charge is 2.62. The van der Waals surface area contributed by atoms with Gasteiger partial charge in [0.25, 0.3) is 0 Å². The minimum atomic E-state index is 0.0821. The normalized spacial score (nSPS) is 25.2. The van der Waals surface area contributed by atoms with Crippen LogP contribution in [0.15, 0.2) is 114 Å². The summed E-state index contributed by atoms with van der Waals surface area (Å²) in [5, 5.41) is 4.79. The molecule has 4 fully saturated rings. The maximum absolute atomic E-state index is 6.48. The van der Waals surface area contributed by atoms with E-state index in [-0.39, 0.29) is 5.41 Å². The molecule has 3 nitrogen and oxygen atoms in total. The third-order valence-corrected chi connectivity index (χ3v) is 13.8. The summed E-state index contributed by atoms with van der Waals surface area (Å²) in [5.41, 5.74) is 10.8. The van der Waals surface area contributed by atoms with Gasteiger partial charge in [0.15, 0.2) is 5.82 Å². The molecule has 4 saturated carbocycles. The van der Waals surface area contributed by atoms with Crippen LogP contribution < -0.4 is 0 Å². The zero-order valence-corrected chi connectivity index (χ0v) is 27.3. The van der Waals surface area contributed by atoms with Gasteiger partial charge in [-0.2, -0.15) is 4.98 Å². The SMILES string of the molecule is c1ccc(-c2nc(-c3cccc4sc5ccc6c(c5c34)C3(c4ccccc4-6)C4CC5CC(C4)CC3C5)nc3oc4ccccc4c23)cc1. The summed E-state index contributed by atoms with van der Waals surface area (Å²) in [6.45, 7) is 0. The Bertz CT molecular complexity index is 2620. The molecule has 0 unspecified atom stereocenters. The van der Waals surface area contributed by atoms with E-state index in [4.69, 9.17) is 14.4 Å². The maximum atomic E-state index is 6.48. The lowest BCUT2D eigenvalue weighted by molar-refractivity contribution is -0.0393. The van der Waals surface area contributed by atoms with E-state index in [9.17, 15) is 0 Å². The number of hydrogen-bond acceptors (Lipinski definition) is 4. The molecule has 0 saturated heterocycles. The Balaban J connectivity index is 1.19. The summed E-state index contributed by atoms with van der Waals surface area (Å²) in [6.07, 6.45) is 6.95. The Morgan fingerprint density at radius 1 is 0.583 bits per heavy atom. The van der Waals surface area contributed by atoms with Crippen LogP contribution in [0.25, 0.3) is 76.0 Å². The Kier molecular flexibility index (Phi) is 5.02. The summed E-state index contributed by atoms with van der Waals surface area (Å²) in [7, 11) is 0. The quantitative estimate of drug-likeness (QED) is 0.189. The largest absolute Gasteiger partial charge is 0.438 e. The van der Waals surface area contributed by atoms with Gasteiger partial charge in [0.1, 0.15) is 5.58 Å². The van der Waals surface area contributed by atoms with Crippen LogP contribution in [0.5, 0.6) is 0 Å². The highest BCUT2D eigenvalue weighted by Crippen LogP contribution is 2.70. The average Bonchev–Trinajstić information content (AvgIpc) is 3.78. The van der Waals surface area contributed by atoms with Crippen LogP contribution in [0.4, 0.5) is 0 Å². The van der Waals surface area contributed by atoms with Gasteiger partial charge in [-0.15, -0.1) is 11.3 Å². The molecule has 3 heterocycles. The minimum Gasteiger partial charge on any atom is -0.438 e. The number of fused-ring (bicyclic) bond motifs is 10. The monoisotopic (exact) mass is 636 g/mol. The molecule has 5 aliphatic rings. The summed E-state index contributed by atoms with van der Waals surface area (Å²) >= 11 is 1.93. The van der Waals surface area contributed by atoms with Gasteiger partial charge >= 0.3 is 0 Å². The molecule has 1 spiro atoms. The van der Waals surface area contributed by atoms with Crippen molar-refractivity contribution in [3.05, 3.63) is 120 Å². The van der Waals surface area contributed by atoms with Crippen molar-refractivity contribution in [3.63, 3.8) is 0 Å². The average molecular weight is 637 g/mol. The molecular weight excluding hydrogens is 605 g/mol. The van der Waals surface area contributed by atoms with Gasteiger partial charge in [-0.05, 0) is 96.2 Å². The van der Waals surface area contributed by atoms with Crippen molar-refractivity contribution in [3.8, 4) is 33.8 Å². The van der Waals surface area contributed by atoms with Crippen LogP contribution in [0.1, 0.15) is 43.2 Å². The lowest BCUT2D eigenvalue weighted by atomic mass is 9.43. The second-order valence-corrected chi connectivity index (χ2v) is 16.0. The molecule has 5 aliphatic carbocycles. The number of rotatable bonds is 2. The second-order valence-electron chi connectivity index (χ2n) is 14.9. The fourth-order valence-corrected chi connectivity index (χ4v) is 12.4. The first kappa shape index (κ1) is 26.2. The summed E-state index contributed by atoms with van der Waals surface area (Å²) in [6, 6.07) is 39.8. The zero-order valence-electron chi connectivity index (χ0n) is 26.4. The molecule has 0 atom stereocenters. The van der Waals surface area contributed by atoms with Crippen LogP contribution in [0.2, 0.25) is 0 Å². The molecule has 8 aromatic rings. The van der Waals surface area contributed by atoms with Crippen molar-refractivity contribution in [2.75, 3.05) is 0 Å². The fraction of sp³-hybridized carbons (Fsp3) is 0.227. The Morgan fingerprint density at radius 2 is 1.31 bits per heavy atom. The van der Waals surface area contributed by atoms with Crippen molar-refractivity contribution in [1.29, 1.82) is 0 Å². The molecule has 48 heavy (non-hydrogen) atoms. The summed E-state index contributed by atoms with van der Waals surface area (Å²) in [4.78, 5) is 10.7. The van der Waals surface area contributed by atoms with Gasteiger partial charge in [-0.3, -0.25) is 0 Å². The topological polar surface area (TPSA) is 38.9 Å². The van der Waals surface area contributed by atoms with E-state index in [0.717, 1.165) is 50.8 Å². The van der Waals surface area contributed by atoms with Crippen LogP contribution in [0.3, 0.4) is 0 Å². The predicted molar refractivity (Wildman–Crippen MR) is 196 cm³/mol. The number of aromatic nitrogens is 2. The molecule has 230 valence electrons. The lowest BCUT2D eigenvalue weighted by Crippen LogP contribution is -2.55. The van der Waals surface area contributed by atoms with E-state index in [2.05, 4.69) is 97.1 Å². The van der Waals surface area contributed by atoms with Crippen LogP contribution >= 0.6 is 11.3 Å². The second kappa shape index (κ2) is 9.21. The van der Waals surface area contributed by atoms with Gasteiger partial charge in [0.05, 0.1) is 11.1 Å². The lowest BCUT2D eigenvalue weighted by Gasteiger charge is -2.61. The van der Waals surface area contributed by atoms with Gasteiger partial charge in [-0.1, -0.05) is 91.0 Å². The highest BCUT2D eigenvalue weighted by atomic mass is 32.1. The van der Waals surface area contributed by atoms with E-state index in [1.165, 1.54) is 63.4 Å². The molecule has 0 radical (unpaired) electrons. The van der Waals surface area contributed by atoms with E-state index >= 15 is 0 Å². The van der Waals surface area contributed by atoms with E-state index < -0.39 is 0 Å². The first-order chi connectivity index (χ1) is 23.8. The smallest absolute Gasteiger partial charge is 0.231 e. The highest BCUT2D eigenvalue weighted by molar-refractivity contribution is 7.26. The number of benzene rings is 5. The standard InChI is InChI=1S/C44H32N2OS/c1-2-9-26(10-3-1)41-38-31-12-5-7-15-34(31)47-43(38)46-42(45-41)32-13-8-16-35-37(32)39-36(48-35)18-17-30-29-11-4-6-14-33(29)44(40(30)39)27-20-24-19-25(22-27)23-28(44)21-24/h1-18,24-25,27-28H,19-23H2. The van der Waals surface area contributed by atoms with Gasteiger partial charge < -0.3 is 4.42 Å². The number of thiophene rings is 1. The van der Waals surface area contributed by atoms with Crippen LogP contribution in [0, 0.1) is 23.7 Å². The van der Waals surface area contributed by atoms with Crippen molar-refractivity contribution in [2.45, 2.75) is 37.5 Å². The number of furan rings is 1. The van der Waals surface area contributed by atoms with Crippen molar-refractivity contribution >= 4 is 53.6 Å². The van der Waals surface area contributed by atoms with E-state index in [0.29, 0.717) is 17.5 Å². The first-order valence-electron chi connectivity index (χ1n) is 17.6. The maximum Gasteiger partial charge on any atom is 0.231 e. The third kappa shape index (κ3) is 3.20. The molecule has 5 aromatic carbocycles. The predicted octanol–water partition coefficient (Wildman–Crippen LogP) is 11.8. The molecular formula is C44H32N2OS. The summed E-state index contributed by atoms with van der Waals surface area (Å²) in [5.74, 6) is 3.96. The molecule has 0 N–H and O–H groups in total. The van der Waals surface area contributed by atoms with Crippen LogP contribution in [-0.4, -0.2) is 9.97 Å². The van der Waals surface area contributed by atoms with Gasteiger partial charge in [-0.25, -0.2) is 4.98 Å². The zero-order chi connectivity index (χ0) is 31.1. The third-order valence-electron chi connectivity index (χ3n) is 12.7.